The first kappa shape index (κ1) is 24.0. The zero-order chi connectivity index (χ0) is 24.4. The number of carbonyl (C=O) groups excluding carboxylic acids is 1. The molecule has 1 aliphatic heterocycles. The van der Waals surface area contributed by atoms with Gasteiger partial charge in [-0.15, -0.1) is 0 Å². The molecule has 0 N–H and O–H groups in total. The van der Waals surface area contributed by atoms with E-state index in [4.69, 9.17) is 13.9 Å². The van der Waals surface area contributed by atoms with Gasteiger partial charge in [-0.1, -0.05) is 37.6 Å². The van der Waals surface area contributed by atoms with E-state index in [1.54, 1.807) is 11.0 Å². The molecule has 0 fully saturated rings. The topological polar surface area (TPSA) is 69.0 Å². The van der Waals surface area contributed by atoms with Crippen LogP contribution in [0, 0.1) is 12.8 Å². The summed E-state index contributed by atoms with van der Waals surface area (Å²) in [6, 6.07) is 12.6. The van der Waals surface area contributed by atoms with Crippen LogP contribution in [-0.2, 0) is 4.74 Å². The quantitative estimate of drug-likeness (QED) is 0.392. The summed E-state index contributed by atoms with van der Waals surface area (Å²) >= 11 is 0. The molecule has 1 aliphatic rings. The number of benzene rings is 2. The van der Waals surface area contributed by atoms with Crippen molar-refractivity contribution in [1.29, 1.82) is 0 Å². The molecule has 3 aromatic rings. The third kappa shape index (κ3) is 4.87. The molecule has 1 amide bonds. The van der Waals surface area contributed by atoms with Gasteiger partial charge in [0.05, 0.1) is 29.7 Å². The van der Waals surface area contributed by atoms with Crippen molar-refractivity contribution < 1.29 is 18.7 Å². The van der Waals surface area contributed by atoms with Gasteiger partial charge in [-0.2, -0.15) is 0 Å². The summed E-state index contributed by atoms with van der Waals surface area (Å²) in [5.74, 6) is 1.06. The standard InChI is InChI=1S/C28H33NO5/c1-17(2)16-33-21-10-8-20(9-11-21)25-24-26(30)22-15-19(5)7-12-23(22)34-27(24)28(31)29(25)13-6-14-32-18(3)4/h7-12,15,17-18,25H,6,13-14,16H2,1-5H3. The summed E-state index contributed by atoms with van der Waals surface area (Å²) in [5.41, 5.74) is 2.51. The second kappa shape index (κ2) is 10.0. The Hall–Kier alpha value is -3.12. The minimum Gasteiger partial charge on any atom is -0.493 e. The van der Waals surface area contributed by atoms with Crippen LogP contribution < -0.4 is 10.2 Å². The zero-order valence-corrected chi connectivity index (χ0v) is 20.6. The average molecular weight is 464 g/mol. The molecule has 0 spiro atoms. The van der Waals surface area contributed by atoms with E-state index in [0.717, 1.165) is 16.9 Å². The highest BCUT2D eigenvalue weighted by molar-refractivity contribution is 5.99. The van der Waals surface area contributed by atoms with E-state index in [1.807, 2.05) is 57.2 Å². The molecule has 6 nitrogen and oxygen atoms in total. The Balaban J connectivity index is 1.74. The summed E-state index contributed by atoms with van der Waals surface area (Å²) in [4.78, 5) is 28.8. The predicted molar refractivity (Wildman–Crippen MR) is 133 cm³/mol. The minimum absolute atomic E-state index is 0.123. The molecule has 0 aliphatic carbocycles. The zero-order valence-electron chi connectivity index (χ0n) is 20.6. The van der Waals surface area contributed by atoms with Crippen LogP contribution in [0.4, 0.5) is 0 Å². The van der Waals surface area contributed by atoms with Gasteiger partial charge in [0.1, 0.15) is 11.3 Å². The monoisotopic (exact) mass is 463 g/mol. The molecule has 0 bridgehead atoms. The normalized spacial score (nSPS) is 15.6. The van der Waals surface area contributed by atoms with Crippen LogP contribution in [0.1, 0.15) is 67.4 Å². The third-order valence-electron chi connectivity index (χ3n) is 5.89. The second-order valence-corrected chi connectivity index (χ2v) is 9.62. The van der Waals surface area contributed by atoms with Gasteiger partial charge >= 0.3 is 0 Å². The highest BCUT2D eigenvalue weighted by atomic mass is 16.5. The maximum absolute atomic E-state index is 13.6. The predicted octanol–water partition coefficient (Wildman–Crippen LogP) is 5.50. The molecule has 180 valence electrons. The van der Waals surface area contributed by atoms with Crippen molar-refractivity contribution in [2.75, 3.05) is 19.8 Å². The fraction of sp³-hybridized carbons (Fsp3) is 0.429. The van der Waals surface area contributed by atoms with E-state index in [2.05, 4.69) is 13.8 Å². The Kier molecular flexibility index (Phi) is 7.08. The second-order valence-electron chi connectivity index (χ2n) is 9.62. The third-order valence-corrected chi connectivity index (χ3v) is 5.89. The Bertz CT molecular complexity index is 1230. The lowest BCUT2D eigenvalue weighted by atomic mass is 9.98. The van der Waals surface area contributed by atoms with Crippen molar-refractivity contribution in [2.24, 2.45) is 5.92 Å². The fourth-order valence-electron chi connectivity index (χ4n) is 4.27. The lowest BCUT2D eigenvalue weighted by Gasteiger charge is -2.25. The van der Waals surface area contributed by atoms with Gasteiger partial charge in [-0.3, -0.25) is 9.59 Å². The molecular formula is C28H33NO5. The molecule has 0 saturated heterocycles. The molecule has 0 saturated carbocycles. The van der Waals surface area contributed by atoms with E-state index in [-0.39, 0.29) is 23.2 Å². The maximum Gasteiger partial charge on any atom is 0.290 e. The lowest BCUT2D eigenvalue weighted by Crippen LogP contribution is -2.31. The van der Waals surface area contributed by atoms with Crippen LogP contribution in [0.5, 0.6) is 5.75 Å². The first-order valence-corrected chi connectivity index (χ1v) is 12.0. The van der Waals surface area contributed by atoms with E-state index in [9.17, 15) is 9.59 Å². The van der Waals surface area contributed by atoms with Gasteiger partial charge in [0, 0.05) is 13.2 Å². The van der Waals surface area contributed by atoms with Gasteiger partial charge in [0.15, 0.2) is 5.43 Å². The number of carbonyl (C=O) groups is 1. The van der Waals surface area contributed by atoms with Gasteiger partial charge in [0.25, 0.3) is 5.91 Å². The van der Waals surface area contributed by atoms with Crippen molar-refractivity contribution in [1.82, 2.24) is 4.90 Å². The summed E-state index contributed by atoms with van der Waals surface area (Å²) < 4.78 is 17.5. The summed E-state index contributed by atoms with van der Waals surface area (Å²) in [6.45, 7) is 11.7. The van der Waals surface area contributed by atoms with Crippen molar-refractivity contribution in [3.05, 3.63) is 75.1 Å². The smallest absolute Gasteiger partial charge is 0.290 e. The largest absolute Gasteiger partial charge is 0.493 e. The van der Waals surface area contributed by atoms with E-state index >= 15 is 0 Å². The number of ether oxygens (including phenoxy) is 2. The molecule has 2 aromatic carbocycles. The SMILES string of the molecule is Cc1ccc2oc3c(c(=O)c2c1)C(c1ccc(OCC(C)C)cc1)N(CCCOC(C)C)C3=O. The Morgan fingerprint density at radius 2 is 1.76 bits per heavy atom. The van der Waals surface area contributed by atoms with E-state index in [1.165, 1.54) is 0 Å². The van der Waals surface area contributed by atoms with Crippen LogP contribution in [-0.4, -0.2) is 36.7 Å². The van der Waals surface area contributed by atoms with Crippen molar-refractivity contribution in [2.45, 2.75) is 53.2 Å². The van der Waals surface area contributed by atoms with Crippen LogP contribution in [0.2, 0.25) is 0 Å². The van der Waals surface area contributed by atoms with E-state index in [0.29, 0.717) is 48.6 Å². The number of hydrogen-bond donors (Lipinski definition) is 0. The van der Waals surface area contributed by atoms with Crippen LogP contribution in [0.15, 0.2) is 51.7 Å². The molecule has 0 radical (unpaired) electrons. The molecule has 4 rings (SSSR count). The van der Waals surface area contributed by atoms with Crippen LogP contribution in [0.25, 0.3) is 11.0 Å². The highest BCUT2D eigenvalue weighted by Gasteiger charge is 2.42. The van der Waals surface area contributed by atoms with Gasteiger partial charge < -0.3 is 18.8 Å². The number of nitrogens with zero attached hydrogens (tertiary/aromatic N) is 1. The van der Waals surface area contributed by atoms with Crippen molar-refractivity contribution in [3.63, 3.8) is 0 Å². The summed E-state index contributed by atoms with van der Waals surface area (Å²) in [5, 5.41) is 0.499. The lowest BCUT2D eigenvalue weighted by molar-refractivity contribution is 0.0593. The molecular weight excluding hydrogens is 430 g/mol. The first-order valence-electron chi connectivity index (χ1n) is 12.0. The van der Waals surface area contributed by atoms with Gasteiger partial charge in [-0.05, 0) is 62.9 Å². The highest BCUT2D eigenvalue weighted by Crippen LogP contribution is 2.38. The maximum atomic E-state index is 13.6. The summed E-state index contributed by atoms with van der Waals surface area (Å²) in [7, 11) is 0. The molecule has 34 heavy (non-hydrogen) atoms. The molecule has 2 heterocycles. The molecule has 1 aromatic heterocycles. The molecule has 6 heteroatoms. The van der Waals surface area contributed by atoms with E-state index < -0.39 is 6.04 Å². The van der Waals surface area contributed by atoms with Crippen LogP contribution in [0.3, 0.4) is 0 Å². The average Bonchev–Trinajstić information content (AvgIpc) is 3.08. The summed E-state index contributed by atoms with van der Waals surface area (Å²) in [6.07, 6.45) is 0.786. The van der Waals surface area contributed by atoms with Gasteiger partial charge in [0.2, 0.25) is 5.76 Å². The Morgan fingerprint density at radius 3 is 2.44 bits per heavy atom. The number of hydrogen-bond acceptors (Lipinski definition) is 5. The van der Waals surface area contributed by atoms with Crippen LogP contribution >= 0.6 is 0 Å². The molecule has 1 atom stereocenters. The Labute approximate surface area is 200 Å². The van der Waals surface area contributed by atoms with Crippen molar-refractivity contribution >= 4 is 16.9 Å². The molecule has 1 unspecified atom stereocenters. The van der Waals surface area contributed by atoms with Gasteiger partial charge in [-0.25, -0.2) is 0 Å². The first-order chi connectivity index (χ1) is 16.3. The number of aryl methyl sites for hydroxylation is 1. The minimum atomic E-state index is -0.512. The number of rotatable bonds is 9. The fourth-order valence-corrected chi connectivity index (χ4v) is 4.27. The number of fused-ring (bicyclic) bond motifs is 2. The Morgan fingerprint density at radius 1 is 1.03 bits per heavy atom. The number of amides is 1. The van der Waals surface area contributed by atoms with Crippen molar-refractivity contribution in [3.8, 4) is 5.75 Å².